The maximum atomic E-state index is 12.2. The number of aryl methyl sites for hydroxylation is 1. The lowest BCUT2D eigenvalue weighted by Gasteiger charge is -2.23. The highest BCUT2D eigenvalue weighted by Crippen LogP contribution is 2.22. The summed E-state index contributed by atoms with van der Waals surface area (Å²) in [6.07, 6.45) is 4.94. The molecule has 30 heavy (non-hydrogen) atoms. The number of anilines is 1. The molecule has 160 valence electrons. The van der Waals surface area contributed by atoms with Gasteiger partial charge in [0.25, 0.3) is 0 Å². The average Bonchev–Trinajstić information content (AvgIpc) is 3.53. The predicted molar refractivity (Wildman–Crippen MR) is 121 cm³/mol. The minimum absolute atomic E-state index is 0.0767. The van der Waals surface area contributed by atoms with E-state index in [4.69, 9.17) is 0 Å². The Labute approximate surface area is 179 Å². The van der Waals surface area contributed by atoms with Crippen molar-refractivity contribution in [3.63, 3.8) is 0 Å². The van der Waals surface area contributed by atoms with Crippen LogP contribution in [-0.2, 0) is 14.8 Å². The third-order valence-electron chi connectivity index (χ3n) is 4.95. The largest absolute Gasteiger partial charge is 0.370 e. The van der Waals surface area contributed by atoms with Crippen molar-refractivity contribution in [3.8, 4) is 0 Å². The molecular weight excluding hydrogens is 398 g/mol. The van der Waals surface area contributed by atoms with E-state index in [1.54, 1.807) is 30.3 Å². The lowest BCUT2D eigenvalue weighted by Crippen LogP contribution is -2.34. The molecule has 0 aromatic heterocycles. The zero-order valence-corrected chi connectivity index (χ0v) is 18.3. The summed E-state index contributed by atoms with van der Waals surface area (Å²) < 4.78 is 27.0. The van der Waals surface area contributed by atoms with Crippen LogP contribution in [0.5, 0.6) is 0 Å². The maximum Gasteiger partial charge on any atom is 0.244 e. The molecule has 2 aromatic carbocycles. The first kappa shape index (κ1) is 22.1. The van der Waals surface area contributed by atoms with Crippen molar-refractivity contribution < 1.29 is 13.2 Å². The second kappa shape index (κ2) is 9.91. The molecule has 0 spiro atoms. The molecule has 0 atom stereocenters. The van der Waals surface area contributed by atoms with Crippen LogP contribution in [0.3, 0.4) is 0 Å². The van der Waals surface area contributed by atoms with Gasteiger partial charge in [-0.25, -0.2) is 13.1 Å². The molecular formula is C23H29N3O3S. The van der Waals surface area contributed by atoms with Crippen LogP contribution in [-0.4, -0.2) is 40.0 Å². The Morgan fingerprint density at radius 1 is 1.17 bits per heavy atom. The number of hydrogen-bond donors (Lipinski definition) is 2. The highest BCUT2D eigenvalue weighted by atomic mass is 32.2. The second-order valence-corrected chi connectivity index (χ2v) is 9.22. The molecule has 0 aliphatic heterocycles. The van der Waals surface area contributed by atoms with E-state index < -0.39 is 10.0 Å². The zero-order valence-electron chi connectivity index (χ0n) is 17.5. The zero-order chi connectivity index (χ0) is 21.6. The van der Waals surface area contributed by atoms with E-state index in [0.717, 1.165) is 37.2 Å². The number of rotatable bonds is 10. The predicted octanol–water partition coefficient (Wildman–Crippen LogP) is 3.09. The Morgan fingerprint density at radius 2 is 1.90 bits per heavy atom. The number of sulfonamides is 1. The molecule has 1 saturated carbocycles. The standard InChI is InChI=1S/C23H29N3O3S/c1-3-26(21-6-4-5-18(2)17-21)16-15-24-23(27)14-9-19-7-12-22(13-8-19)30(28,29)25-20-10-11-20/h4-9,12-14,17,20,25H,3,10-11,15-16H2,1-2H3,(H,24,27)/b14-9+. The van der Waals surface area contributed by atoms with Gasteiger partial charge in [0.1, 0.15) is 0 Å². The van der Waals surface area contributed by atoms with Gasteiger partial charge >= 0.3 is 0 Å². The van der Waals surface area contributed by atoms with Gasteiger partial charge in [-0.05, 0) is 68.2 Å². The van der Waals surface area contributed by atoms with Crippen molar-refractivity contribution in [1.29, 1.82) is 0 Å². The van der Waals surface area contributed by atoms with Gasteiger partial charge in [0.2, 0.25) is 15.9 Å². The molecule has 3 rings (SSSR count). The fourth-order valence-electron chi connectivity index (χ4n) is 3.09. The van der Waals surface area contributed by atoms with Crippen molar-refractivity contribution >= 4 is 27.7 Å². The van der Waals surface area contributed by atoms with Crippen molar-refractivity contribution in [2.24, 2.45) is 0 Å². The number of likely N-dealkylation sites (N-methyl/N-ethyl adjacent to an activating group) is 1. The fraction of sp³-hybridized carbons (Fsp3) is 0.348. The topological polar surface area (TPSA) is 78.5 Å². The van der Waals surface area contributed by atoms with Gasteiger partial charge in [-0.3, -0.25) is 4.79 Å². The van der Waals surface area contributed by atoms with Crippen LogP contribution in [0.4, 0.5) is 5.69 Å². The number of nitrogens with zero attached hydrogens (tertiary/aromatic N) is 1. The molecule has 2 N–H and O–H groups in total. The summed E-state index contributed by atoms with van der Waals surface area (Å²) in [6, 6.07) is 14.9. The Bertz CT molecular complexity index is 997. The van der Waals surface area contributed by atoms with Crippen LogP contribution in [0.25, 0.3) is 6.08 Å². The lowest BCUT2D eigenvalue weighted by atomic mass is 10.2. The summed E-state index contributed by atoms with van der Waals surface area (Å²) >= 11 is 0. The monoisotopic (exact) mass is 427 g/mol. The van der Waals surface area contributed by atoms with E-state index in [0.29, 0.717) is 6.54 Å². The summed E-state index contributed by atoms with van der Waals surface area (Å²) in [5, 5.41) is 2.89. The number of nitrogens with one attached hydrogen (secondary N) is 2. The molecule has 2 aromatic rings. The van der Waals surface area contributed by atoms with E-state index in [-0.39, 0.29) is 16.8 Å². The van der Waals surface area contributed by atoms with Crippen molar-refractivity contribution in [1.82, 2.24) is 10.0 Å². The van der Waals surface area contributed by atoms with Crippen LogP contribution in [0, 0.1) is 6.92 Å². The number of carbonyl (C=O) groups is 1. The third kappa shape index (κ3) is 6.43. The van der Waals surface area contributed by atoms with Crippen LogP contribution in [0.1, 0.15) is 30.9 Å². The Morgan fingerprint density at radius 3 is 2.53 bits per heavy atom. The Balaban J connectivity index is 1.48. The van der Waals surface area contributed by atoms with E-state index in [2.05, 4.69) is 47.0 Å². The van der Waals surface area contributed by atoms with Gasteiger partial charge in [-0.15, -0.1) is 0 Å². The molecule has 1 fully saturated rings. The SMILES string of the molecule is CCN(CCNC(=O)/C=C/c1ccc(S(=O)(=O)NC2CC2)cc1)c1cccc(C)c1. The first-order chi connectivity index (χ1) is 14.4. The van der Waals surface area contributed by atoms with Crippen LogP contribution in [0.15, 0.2) is 59.5 Å². The molecule has 7 heteroatoms. The van der Waals surface area contributed by atoms with Gasteiger partial charge in [-0.1, -0.05) is 24.3 Å². The summed E-state index contributed by atoms with van der Waals surface area (Å²) in [5.74, 6) is -0.178. The first-order valence-corrected chi connectivity index (χ1v) is 11.8. The van der Waals surface area contributed by atoms with E-state index in [1.165, 1.54) is 11.6 Å². The lowest BCUT2D eigenvalue weighted by molar-refractivity contribution is -0.116. The van der Waals surface area contributed by atoms with Crippen molar-refractivity contribution in [2.45, 2.75) is 37.6 Å². The number of hydrogen-bond acceptors (Lipinski definition) is 4. The van der Waals surface area contributed by atoms with Gasteiger partial charge in [0.15, 0.2) is 0 Å². The van der Waals surface area contributed by atoms with Crippen LogP contribution >= 0.6 is 0 Å². The average molecular weight is 428 g/mol. The molecule has 0 radical (unpaired) electrons. The fourth-order valence-corrected chi connectivity index (χ4v) is 4.39. The van der Waals surface area contributed by atoms with E-state index in [9.17, 15) is 13.2 Å². The minimum atomic E-state index is -3.45. The Kier molecular flexibility index (Phi) is 7.29. The number of amides is 1. The molecule has 1 aliphatic rings. The summed E-state index contributed by atoms with van der Waals surface area (Å²) in [4.78, 5) is 14.6. The number of carbonyl (C=O) groups excluding carboxylic acids is 1. The van der Waals surface area contributed by atoms with Crippen LogP contribution < -0.4 is 14.9 Å². The Hall–Kier alpha value is -2.64. The minimum Gasteiger partial charge on any atom is -0.370 e. The van der Waals surface area contributed by atoms with Gasteiger partial charge in [0, 0.05) is 37.4 Å². The second-order valence-electron chi connectivity index (χ2n) is 7.51. The van der Waals surface area contributed by atoms with Gasteiger partial charge < -0.3 is 10.2 Å². The van der Waals surface area contributed by atoms with E-state index in [1.807, 2.05) is 6.07 Å². The highest BCUT2D eigenvalue weighted by Gasteiger charge is 2.27. The molecule has 0 saturated heterocycles. The normalized spacial score (nSPS) is 14.1. The molecule has 0 heterocycles. The summed E-state index contributed by atoms with van der Waals surface area (Å²) in [5.41, 5.74) is 3.12. The van der Waals surface area contributed by atoms with Crippen molar-refractivity contribution in [3.05, 3.63) is 65.7 Å². The molecule has 6 nitrogen and oxygen atoms in total. The van der Waals surface area contributed by atoms with E-state index >= 15 is 0 Å². The quantitative estimate of drug-likeness (QED) is 0.571. The van der Waals surface area contributed by atoms with Gasteiger partial charge in [-0.2, -0.15) is 0 Å². The molecule has 1 amide bonds. The smallest absolute Gasteiger partial charge is 0.244 e. The molecule has 1 aliphatic carbocycles. The summed E-state index contributed by atoms with van der Waals surface area (Å²) in [6.45, 7) is 6.28. The van der Waals surface area contributed by atoms with Crippen molar-refractivity contribution in [2.75, 3.05) is 24.5 Å². The maximum absolute atomic E-state index is 12.2. The van der Waals surface area contributed by atoms with Gasteiger partial charge in [0.05, 0.1) is 4.90 Å². The first-order valence-electron chi connectivity index (χ1n) is 10.3. The third-order valence-corrected chi connectivity index (χ3v) is 6.48. The molecule has 0 bridgehead atoms. The summed E-state index contributed by atoms with van der Waals surface area (Å²) in [7, 11) is -3.45. The van der Waals surface area contributed by atoms with Crippen LogP contribution in [0.2, 0.25) is 0 Å². The highest BCUT2D eigenvalue weighted by molar-refractivity contribution is 7.89. The molecule has 0 unspecified atom stereocenters. The number of benzene rings is 2.